The van der Waals surface area contributed by atoms with Crippen molar-refractivity contribution < 1.29 is 0 Å². The molecular formula is C19H31N. The van der Waals surface area contributed by atoms with Crippen molar-refractivity contribution in [2.45, 2.75) is 71.3 Å². The molecule has 1 aromatic rings. The molecule has 2 rings (SSSR count). The minimum atomic E-state index is 0.587. The Morgan fingerprint density at radius 1 is 1.20 bits per heavy atom. The Bertz CT molecular complexity index is 385. The number of fused-ring (bicyclic) bond motifs is 1. The van der Waals surface area contributed by atoms with Crippen LogP contribution in [0.4, 0.5) is 0 Å². The molecule has 1 N–H and O–H groups in total. The highest BCUT2D eigenvalue weighted by Crippen LogP contribution is 2.28. The Hall–Kier alpha value is -0.820. The summed E-state index contributed by atoms with van der Waals surface area (Å²) in [6, 6.07) is 9.64. The molecule has 0 bridgehead atoms. The van der Waals surface area contributed by atoms with Gasteiger partial charge in [-0.25, -0.2) is 0 Å². The van der Waals surface area contributed by atoms with Crippen LogP contribution in [-0.4, -0.2) is 6.54 Å². The highest BCUT2D eigenvalue weighted by molar-refractivity contribution is 5.31. The number of hydrogen-bond donors (Lipinski definition) is 1. The van der Waals surface area contributed by atoms with Crippen LogP contribution in [0.2, 0.25) is 0 Å². The van der Waals surface area contributed by atoms with Crippen LogP contribution in [0.5, 0.6) is 0 Å². The summed E-state index contributed by atoms with van der Waals surface area (Å²) in [6.07, 6.45) is 10.7. The van der Waals surface area contributed by atoms with Gasteiger partial charge in [-0.3, -0.25) is 0 Å². The molecule has 0 spiro atoms. The summed E-state index contributed by atoms with van der Waals surface area (Å²) in [5.74, 6) is 0.852. The SMILES string of the molecule is CCCCC(CC)CNC1CCCCc2ccccc21. The molecule has 0 aliphatic heterocycles. The zero-order valence-corrected chi connectivity index (χ0v) is 13.3. The van der Waals surface area contributed by atoms with Crippen molar-refractivity contribution in [1.82, 2.24) is 5.32 Å². The molecule has 112 valence electrons. The van der Waals surface area contributed by atoms with E-state index < -0.39 is 0 Å². The quantitative estimate of drug-likeness (QED) is 0.668. The predicted octanol–water partition coefficient (Wildman–Crippen LogP) is 5.26. The maximum absolute atomic E-state index is 3.88. The van der Waals surface area contributed by atoms with E-state index in [1.165, 1.54) is 57.9 Å². The Labute approximate surface area is 125 Å². The minimum Gasteiger partial charge on any atom is -0.310 e. The Balaban J connectivity index is 1.94. The molecule has 0 aromatic heterocycles. The van der Waals surface area contributed by atoms with Crippen LogP contribution in [0.3, 0.4) is 0 Å². The van der Waals surface area contributed by atoms with Crippen molar-refractivity contribution in [2.75, 3.05) is 6.54 Å². The fourth-order valence-electron chi connectivity index (χ4n) is 3.39. The lowest BCUT2D eigenvalue weighted by molar-refractivity contribution is 0.380. The van der Waals surface area contributed by atoms with Gasteiger partial charge in [0.15, 0.2) is 0 Å². The lowest BCUT2D eigenvalue weighted by atomic mass is 9.96. The predicted molar refractivity (Wildman–Crippen MR) is 88.0 cm³/mol. The molecule has 20 heavy (non-hydrogen) atoms. The van der Waals surface area contributed by atoms with Gasteiger partial charge in [-0.05, 0) is 49.3 Å². The topological polar surface area (TPSA) is 12.0 Å². The van der Waals surface area contributed by atoms with Gasteiger partial charge in [-0.1, -0.05) is 63.8 Å². The summed E-state index contributed by atoms with van der Waals surface area (Å²) in [5.41, 5.74) is 3.14. The first kappa shape index (κ1) is 15.6. The Kier molecular flexibility index (Phi) is 6.59. The minimum absolute atomic E-state index is 0.587. The van der Waals surface area contributed by atoms with E-state index in [9.17, 15) is 0 Å². The van der Waals surface area contributed by atoms with Crippen LogP contribution in [0, 0.1) is 5.92 Å². The molecule has 1 aliphatic carbocycles. The molecule has 1 nitrogen and oxygen atoms in total. The third kappa shape index (κ3) is 4.34. The molecule has 0 radical (unpaired) electrons. The number of aryl methyl sites for hydroxylation is 1. The van der Waals surface area contributed by atoms with Crippen molar-refractivity contribution in [1.29, 1.82) is 0 Å². The zero-order chi connectivity index (χ0) is 14.2. The summed E-state index contributed by atoms with van der Waals surface area (Å²) >= 11 is 0. The van der Waals surface area contributed by atoms with E-state index in [1.54, 1.807) is 11.1 Å². The molecule has 2 unspecified atom stereocenters. The third-order valence-electron chi connectivity index (χ3n) is 4.82. The summed E-state index contributed by atoms with van der Waals surface area (Å²) in [4.78, 5) is 0. The van der Waals surface area contributed by atoms with Crippen molar-refractivity contribution in [3.8, 4) is 0 Å². The van der Waals surface area contributed by atoms with Crippen LogP contribution in [0.15, 0.2) is 24.3 Å². The second-order valence-electron chi connectivity index (χ2n) is 6.32. The number of nitrogens with one attached hydrogen (secondary N) is 1. The number of hydrogen-bond acceptors (Lipinski definition) is 1. The largest absolute Gasteiger partial charge is 0.310 e. The van der Waals surface area contributed by atoms with Gasteiger partial charge in [0, 0.05) is 6.04 Å². The van der Waals surface area contributed by atoms with E-state index in [2.05, 4.69) is 43.4 Å². The molecule has 2 atom stereocenters. The van der Waals surface area contributed by atoms with Crippen LogP contribution in [-0.2, 0) is 6.42 Å². The first-order chi connectivity index (χ1) is 9.85. The Morgan fingerprint density at radius 2 is 2.05 bits per heavy atom. The third-order valence-corrected chi connectivity index (χ3v) is 4.82. The highest BCUT2D eigenvalue weighted by atomic mass is 14.9. The second-order valence-corrected chi connectivity index (χ2v) is 6.32. The smallest absolute Gasteiger partial charge is 0.0323 e. The molecule has 1 heteroatoms. The van der Waals surface area contributed by atoms with Crippen molar-refractivity contribution in [3.05, 3.63) is 35.4 Å². The van der Waals surface area contributed by atoms with Crippen LogP contribution in [0.1, 0.15) is 76.0 Å². The van der Waals surface area contributed by atoms with E-state index in [1.807, 2.05) is 0 Å². The van der Waals surface area contributed by atoms with Gasteiger partial charge < -0.3 is 5.32 Å². The first-order valence-corrected chi connectivity index (χ1v) is 8.66. The monoisotopic (exact) mass is 273 g/mol. The molecule has 0 heterocycles. The fraction of sp³-hybridized carbons (Fsp3) is 0.684. The lowest BCUT2D eigenvalue weighted by Crippen LogP contribution is -2.27. The van der Waals surface area contributed by atoms with Crippen molar-refractivity contribution >= 4 is 0 Å². The maximum Gasteiger partial charge on any atom is 0.0323 e. The summed E-state index contributed by atoms with van der Waals surface area (Å²) in [5, 5.41) is 3.88. The van der Waals surface area contributed by atoms with E-state index in [0.29, 0.717) is 6.04 Å². The molecule has 1 aliphatic rings. The van der Waals surface area contributed by atoms with E-state index in [0.717, 1.165) is 5.92 Å². The first-order valence-electron chi connectivity index (χ1n) is 8.66. The molecule has 1 aromatic carbocycles. The average Bonchev–Trinajstić information content (AvgIpc) is 2.70. The van der Waals surface area contributed by atoms with Gasteiger partial charge in [0.1, 0.15) is 0 Å². The standard InChI is InChI=1S/C19H31N/c1-3-5-10-16(4-2)15-20-19-14-9-7-12-17-11-6-8-13-18(17)19/h6,8,11,13,16,19-20H,3-5,7,9-10,12,14-15H2,1-2H3. The molecule has 0 amide bonds. The van der Waals surface area contributed by atoms with E-state index in [-0.39, 0.29) is 0 Å². The fourth-order valence-corrected chi connectivity index (χ4v) is 3.39. The van der Waals surface area contributed by atoms with Gasteiger partial charge >= 0.3 is 0 Å². The maximum atomic E-state index is 3.88. The van der Waals surface area contributed by atoms with Gasteiger partial charge in [-0.15, -0.1) is 0 Å². The van der Waals surface area contributed by atoms with Gasteiger partial charge in [0.2, 0.25) is 0 Å². The van der Waals surface area contributed by atoms with Crippen LogP contribution in [0.25, 0.3) is 0 Å². The van der Waals surface area contributed by atoms with Crippen molar-refractivity contribution in [2.24, 2.45) is 5.92 Å². The summed E-state index contributed by atoms with van der Waals surface area (Å²) < 4.78 is 0. The molecular weight excluding hydrogens is 242 g/mol. The molecule has 0 fully saturated rings. The van der Waals surface area contributed by atoms with Crippen molar-refractivity contribution in [3.63, 3.8) is 0 Å². The molecule has 0 saturated carbocycles. The molecule has 0 saturated heterocycles. The zero-order valence-electron chi connectivity index (χ0n) is 13.3. The normalized spacial score (nSPS) is 20.2. The van der Waals surface area contributed by atoms with Crippen LogP contribution >= 0.6 is 0 Å². The van der Waals surface area contributed by atoms with Gasteiger partial charge in [-0.2, -0.15) is 0 Å². The number of rotatable bonds is 7. The van der Waals surface area contributed by atoms with Crippen LogP contribution < -0.4 is 5.32 Å². The van der Waals surface area contributed by atoms with Gasteiger partial charge in [0.05, 0.1) is 0 Å². The Morgan fingerprint density at radius 3 is 2.85 bits per heavy atom. The summed E-state index contributed by atoms with van der Waals surface area (Å²) in [7, 11) is 0. The highest BCUT2D eigenvalue weighted by Gasteiger charge is 2.18. The average molecular weight is 273 g/mol. The number of unbranched alkanes of at least 4 members (excludes halogenated alkanes) is 1. The van der Waals surface area contributed by atoms with E-state index in [4.69, 9.17) is 0 Å². The number of benzene rings is 1. The second kappa shape index (κ2) is 8.46. The van der Waals surface area contributed by atoms with E-state index >= 15 is 0 Å². The lowest BCUT2D eigenvalue weighted by Gasteiger charge is -2.23. The van der Waals surface area contributed by atoms with Gasteiger partial charge in [0.25, 0.3) is 0 Å². The summed E-state index contributed by atoms with van der Waals surface area (Å²) in [6.45, 7) is 5.82.